The highest BCUT2D eigenvalue weighted by atomic mass is 16.5. The van der Waals surface area contributed by atoms with E-state index in [4.69, 9.17) is 15.9 Å². The van der Waals surface area contributed by atoms with Crippen LogP contribution >= 0.6 is 0 Å². The fraction of sp³-hybridized carbons (Fsp3) is 0.200. The van der Waals surface area contributed by atoms with E-state index in [0.717, 1.165) is 18.6 Å². The first kappa shape index (κ1) is 13.1. The average Bonchev–Trinajstić information content (AvgIpc) is 2.42. The van der Waals surface area contributed by atoms with E-state index in [9.17, 15) is 0 Å². The molecular weight excluding hydrogens is 238 g/mol. The maximum Gasteiger partial charge on any atom is 0.156 e. The normalized spacial score (nSPS) is 10.2. The van der Waals surface area contributed by atoms with Gasteiger partial charge >= 0.3 is 0 Å². The lowest BCUT2D eigenvalue weighted by atomic mass is 10.1. The van der Waals surface area contributed by atoms with E-state index in [1.54, 1.807) is 18.3 Å². The molecule has 2 rings (SSSR count). The van der Waals surface area contributed by atoms with Crippen molar-refractivity contribution < 1.29 is 4.74 Å². The third-order valence-electron chi connectivity index (χ3n) is 2.72. The van der Waals surface area contributed by atoms with E-state index >= 15 is 0 Å². The number of ether oxygens (including phenoxy) is 1. The van der Waals surface area contributed by atoms with Gasteiger partial charge in [-0.2, -0.15) is 0 Å². The Morgan fingerprint density at radius 1 is 1.26 bits per heavy atom. The van der Waals surface area contributed by atoms with Crippen molar-refractivity contribution in [3.8, 4) is 11.5 Å². The van der Waals surface area contributed by atoms with Crippen LogP contribution in [-0.2, 0) is 6.42 Å². The molecule has 0 fully saturated rings. The van der Waals surface area contributed by atoms with Gasteiger partial charge in [-0.15, -0.1) is 0 Å². The van der Waals surface area contributed by atoms with Crippen LogP contribution in [0, 0.1) is 5.41 Å². The van der Waals surface area contributed by atoms with Crippen molar-refractivity contribution in [1.29, 1.82) is 5.41 Å². The second kappa shape index (κ2) is 6.00. The Morgan fingerprint density at radius 3 is 2.63 bits per heavy atom. The summed E-state index contributed by atoms with van der Waals surface area (Å²) in [7, 11) is 0. The molecule has 3 N–H and O–H groups in total. The summed E-state index contributed by atoms with van der Waals surface area (Å²) in [5.41, 5.74) is 7.12. The van der Waals surface area contributed by atoms with Crippen LogP contribution < -0.4 is 10.5 Å². The molecule has 0 atom stereocenters. The number of hydrogen-bond donors (Lipinski definition) is 2. The molecule has 0 saturated heterocycles. The van der Waals surface area contributed by atoms with Gasteiger partial charge < -0.3 is 10.5 Å². The molecule has 1 aromatic heterocycles. The molecule has 0 unspecified atom stereocenters. The van der Waals surface area contributed by atoms with Crippen LogP contribution in [0.15, 0.2) is 42.6 Å². The standard InChI is InChI=1S/C15H17N3O/c1-2-4-11-6-8-12(9-7-11)19-13-5-3-10-18-14(13)15(16)17/h3,5-10H,2,4H2,1H3,(H3,16,17). The minimum atomic E-state index is -0.0989. The summed E-state index contributed by atoms with van der Waals surface area (Å²) in [5.74, 6) is 1.12. The zero-order valence-corrected chi connectivity index (χ0v) is 10.9. The molecule has 2 aromatic rings. The predicted molar refractivity (Wildman–Crippen MR) is 75.8 cm³/mol. The van der Waals surface area contributed by atoms with Gasteiger partial charge in [-0.25, -0.2) is 4.98 Å². The lowest BCUT2D eigenvalue weighted by molar-refractivity contribution is 0.478. The number of rotatable bonds is 5. The molecule has 0 aliphatic rings. The van der Waals surface area contributed by atoms with E-state index in [0.29, 0.717) is 11.4 Å². The minimum Gasteiger partial charge on any atom is -0.455 e. The zero-order valence-electron chi connectivity index (χ0n) is 10.9. The maximum atomic E-state index is 7.47. The Labute approximate surface area is 112 Å². The second-order valence-corrected chi connectivity index (χ2v) is 4.26. The van der Waals surface area contributed by atoms with Crippen molar-refractivity contribution in [2.45, 2.75) is 19.8 Å². The summed E-state index contributed by atoms with van der Waals surface area (Å²) in [6, 6.07) is 11.4. The molecule has 0 amide bonds. The van der Waals surface area contributed by atoms with Crippen LogP contribution in [0.1, 0.15) is 24.6 Å². The summed E-state index contributed by atoms with van der Waals surface area (Å²) >= 11 is 0. The number of nitrogens with two attached hydrogens (primary N) is 1. The molecule has 19 heavy (non-hydrogen) atoms. The summed E-state index contributed by atoms with van der Waals surface area (Å²) in [6.07, 6.45) is 3.77. The second-order valence-electron chi connectivity index (χ2n) is 4.26. The quantitative estimate of drug-likeness (QED) is 0.637. The van der Waals surface area contributed by atoms with Gasteiger partial charge in [-0.1, -0.05) is 25.5 Å². The smallest absolute Gasteiger partial charge is 0.156 e. The van der Waals surface area contributed by atoms with Gasteiger partial charge in [0.15, 0.2) is 5.75 Å². The van der Waals surface area contributed by atoms with Crippen LogP contribution in [0.5, 0.6) is 11.5 Å². The molecule has 0 radical (unpaired) electrons. The molecule has 4 heteroatoms. The highest BCUT2D eigenvalue weighted by Gasteiger charge is 2.08. The fourth-order valence-corrected chi connectivity index (χ4v) is 1.81. The number of hydrogen-bond acceptors (Lipinski definition) is 3. The number of aryl methyl sites for hydroxylation is 1. The van der Waals surface area contributed by atoms with Crippen LogP contribution in [-0.4, -0.2) is 10.8 Å². The Hall–Kier alpha value is -2.36. The van der Waals surface area contributed by atoms with Gasteiger partial charge in [0.25, 0.3) is 0 Å². The average molecular weight is 255 g/mol. The van der Waals surface area contributed by atoms with Crippen molar-refractivity contribution in [2.75, 3.05) is 0 Å². The first-order valence-electron chi connectivity index (χ1n) is 6.27. The minimum absolute atomic E-state index is 0.0989. The number of nitrogens with one attached hydrogen (secondary N) is 1. The molecule has 4 nitrogen and oxygen atoms in total. The predicted octanol–water partition coefficient (Wildman–Crippen LogP) is 3.11. The van der Waals surface area contributed by atoms with Gasteiger partial charge in [-0.3, -0.25) is 5.41 Å². The number of nitrogen functional groups attached to an aromatic ring is 1. The van der Waals surface area contributed by atoms with Gasteiger partial charge in [0.2, 0.25) is 0 Å². The largest absolute Gasteiger partial charge is 0.455 e. The number of benzene rings is 1. The highest BCUT2D eigenvalue weighted by Crippen LogP contribution is 2.24. The van der Waals surface area contributed by atoms with Gasteiger partial charge in [0, 0.05) is 6.20 Å². The van der Waals surface area contributed by atoms with Crippen molar-refractivity contribution in [1.82, 2.24) is 4.98 Å². The Balaban J connectivity index is 2.19. The molecule has 1 aromatic carbocycles. The summed E-state index contributed by atoms with van der Waals surface area (Å²) in [5, 5.41) is 7.47. The molecule has 0 aliphatic heterocycles. The van der Waals surface area contributed by atoms with Crippen molar-refractivity contribution in [3.63, 3.8) is 0 Å². The van der Waals surface area contributed by atoms with Crippen LogP contribution in [0.3, 0.4) is 0 Å². The van der Waals surface area contributed by atoms with Crippen molar-refractivity contribution in [2.24, 2.45) is 5.73 Å². The number of nitrogens with zero attached hydrogens (tertiary/aromatic N) is 1. The molecular formula is C15H17N3O. The maximum absolute atomic E-state index is 7.47. The summed E-state index contributed by atoms with van der Waals surface area (Å²) in [6.45, 7) is 2.15. The van der Waals surface area contributed by atoms with Gasteiger partial charge in [0.05, 0.1) is 0 Å². The summed E-state index contributed by atoms with van der Waals surface area (Å²) < 4.78 is 5.72. The van der Waals surface area contributed by atoms with Crippen molar-refractivity contribution >= 4 is 5.84 Å². The Bertz CT molecular complexity index is 564. The summed E-state index contributed by atoms with van der Waals surface area (Å²) in [4.78, 5) is 4.05. The van der Waals surface area contributed by atoms with E-state index in [1.807, 2.05) is 24.3 Å². The molecule has 0 bridgehead atoms. The number of amidine groups is 1. The third kappa shape index (κ3) is 3.31. The van der Waals surface area contributed by atoms with Crippen molar-refractivity contribution in [3.05, 3.63) is 53.9 Å². The molecule has 0 spiro atoms. The van der Waals surface area contributed by atoms with Crippen LogP contribution in [0.2, 0.25) is 0 Å². The van der Waals surface area contributed by atoms with E-state index in [-0.39, 0.29) is 5.84 Å². The molecule has 1 heterocycles. The first-order chi connectivity index (χ1) is 9.20. The van der Waals surface area contributed by atoms with Gasteiger partial charge in [-0.05, 0) is 36.2 Å². The first-order valence-corrected chi connectivity index (χ1v) is 6.27. The molecule has 0 aliphatic carbocycles. The number of aromatic nitrogens is 1. The Kier molecular flexibility index (Phi) is 4.13. The van der Waals surface area contributed by atoms with E-state index in [1.165, 1.54) is 5.56 Å². The number of pyridine rings is 1. The Morgan fingerprint density at radius 2 is 2.00 bits per heavy atom. The topological polar surface area (TPSA) is 72.0 Å². The SMILES string of the molecule is CCCc1ccc(Oc2cccnc2C(=N)N)cc1. The van der Waals surface area contributed by atoms with E-state index in [2.05, 4.69) is 11.9 Å². The van der Waals surface area contributed by atoms with Crippen LogP contribution in [0.25, 0.3) is 0 Å². The monoisotopic (exact) mass is 255 g/mol. The van der Waals surface area contributed by atoms with Crippen LogP contribution in [0.4, 0.5) is 0 Å². The zero-order chi connectivity index (χ0) is 13.7. The molecule has 0 saturated carbocycles. The van der Waals surface area contributed by atoms with Gasteiger partial charge in [0.1, 0.15) is 17.3 Å². The lowest BCUT2D eigenvalue weighted by Gasteiger charge is -2.09. The molecule has 98 valence electrons. The third-order valence-corrected chi connectivity index (χ3v) is 2.72. The van der Waals surface area contributed by atoms with E-state index < -0.39 is 0 Å². The fourth-order valence-electron chi connectivity index (χ4n) is 1.81. The lowest BCUT2D eigenvalue weighted by Crippen LogP contribution is -2.14. The highest BCUT2D eigenvalue weighted by molar-refractivity contribution is 5.95.